The van der Waals surface area contributed by atoms with Crippen molar-refractivity contribution in [1.29, 1.82) is 0 Å². The van der Waals surface area contributed by atoms with Crippen LogP contribution in [-0.4, -0.2) is 69.3 Å². The third kappa shape index (κ3) is 4.28. The fourth-order valence-electron chi connectivity index (χ4n) is 3.65. The van der Waals surface area contributed by atoms with Crippen LogP contribution in [0.2, 0.25) is 0 Å². The van der Waals surface area contributed by atoms with E-state index in [0.717, 1.165) is 53.5 Å². The number of aromatic nitrogens is 5. The Hall–Kier alpha value is -3.30. The Morgan fingerprint density at radius 3 is 2.65 bits per heavy atom. The van der Waals surface area contributed by atoms with Gasteiger partial charge in [-0.15, -0.1) is 10.2 Å². The highest BCUT2D eigenvalue weighted by molar-refractivity contribution is 7.12. The summed E-state index contributed by atoms with van der Waals surface area (Å²) in [4.78, 5) is 21.9. The van der Waals surface area contributed by atoms with E-state index in [4.69, 9.17) is 0 Å². The van der Waals surface area contributed by atoms with Crippen molar-refractivity contribution >= 4 is 33.8 Å². The molecule has 1 fully saturated rings. The molecule has 0 amide bonds. The molecule has 0 N–H and O–H groups in total. The second-order valence-corrected chi connectivity index (χ2v) is 8.48. The number of anilines is 1. The van der Waals surface area contributed by atoms with Crippen molar-refractivity contribution in [2.45, 2.75) is 6.42 Å². The van der Waals surface area contributed by atoms with Crippen LogP contribution in [0.5, 0.6) is 0 Å². The third-order valence-electron chi connectivity index (χ3n) is 5.48. The molecule has 8 nitrogen and oxygen atoms in total. The zero-order chi connectivity index (χ0) is 21.2. The topological polar surface area (TPSA) is 88.0 Å². The van der Waals surface area contributed by atoms with E-state index in [9.17, 15) is 4.79 Å². The Morgan fingerprint density at radius 1 is 1.03 bits per heavy atom. The molecule has 4 heterocycles. The maximum atomic E-state index is 12.8. The molecule has 31 heavy (non-hydrogen) atoms. The zero-order valence-electron chi connectivity index (χ0n) is 17.1. The monoisotopic (exact) mass is 431 g/mol. The highest BCUT2D eigenvalue weighted by Gasteiger charge is 2.16. The van der Waals surface area contributed by atoms with Crippen LogP contribution in [0.4, 0.5) is 5.82 Å². The SMILES string of the molecule is CN1CCN(c2ccc(C(=O)Cc3cc4cc(-c5nncs5)ccc4nn3)cn2)CC1. The lowest BCUT2D eigenvalue weighted by Gasteiger charge is -2.33. The quantitative estimate of drug-likeness (QED) is 0.446. The molecule has 1 aliphatic rings. The van der Waals surface area contributed by atoms with Crippen molar-refractivity contribution < 1.29 is 4.79 Å². The Balaban J connectivity index is 1.31. The number of piperazine rings is 1. The molecule has 0 bridgehead atoms. The van der Waals surface area contributed by atoms with E-state index in [2.05, 4.69) is 42.2 Å². The Kier molecular flexibility index (Phi) is 5.35. The number of fused-ring (bicyclic) bond motifs is 1. The highest BCUT2D eigenvalue weighted by Crippen LogP contribution is 2.25. The van der Waals surface area contributed by atoms with Crippen LogP contribution in [0.25, 0.3) is 21.5 Å². The van der Waals surface area contributed by atoms with E-state index < -0.39 is 0 Å². The van der Waals surface area contributed by atoms with Gasteiger partial charge >= 0.3 is 0 Å². The van der Waals surface area contributed by atoms with Crippen molar-refractivity contribution in [3.8, 4) is 10.6 Å². The average Bonchev–Trinajstić information content (AvgIpc) is 3.34. The van der Waals surface area contributed by atoms with Gasteiger partial charge in [0.2, 0.25) is 0 Å². The standard InChI is InChI=1S/C22H21N7OS/c1-28-6-8-29(9-7-28)21-5-3-16(13-23-21)20(30)12-18-11-17-10-15(22-27-24-14-31-22)2-4-19(17)26-25-18/h2-5,10-11,13-14H,6-9,12H2,1H3. The van der Waals surface area contributed by atoms with Crippen molar-refractivity contribution in [2.75, 3.05) is 38.1 Å². The number of likely N-dealkylation sites (N-methyl/N-ethyl adjacent to an activating group) is 1. The second kappa shape index (κ2) is 8.44. The maximum Gasteiger partial charge on any atom is 0.170 e. The first-order valence-electron chi connectivity index (χ1n) is 10.1. The van der Waals surface area contributed by atoms with Crippen molar-refractivity contribution in [2.24, 2.45) is 0 Å². The minimum absolute atomic E-state index is 0.0219. The molecular formula is C22H21N7OS. The number of rotatable bonds is 5. The van der Waals surface area contributed by atoms with Gasteiger partial charge in [0, 0.05) is 48.9 Å². The summed E-state index contributed by atoms with van der Waals surface area (Å²) in [6.07, 6.45) is 1.85. The first-order chi connectivity index (χ1) is 15.2. The highest BCUT2D eigenvalue weighted by atomic mass is 32.1. The van der Waals surface area contributed by atoms with E-state index in [1.54, 1.807) is 11.7 Å². The molecule has 5 rings (SSSR count). The van der Waals surface area contributed by atoms with Crippen LogP contribution >= 0.6 is 11.3 Å². The van der Waals surface area contributed by atoms with Gasteiger partial charge in [0.05, 0.1) is 17.6 Å². The van der Waals surface area contributed by atoms with Crippen LogP contribution in [0.3, 0.4) is 0 Å². The summed E-state index contributed by atoms with van der Waals surface area (Å²) in [5.41, 5.74) is 4.68. The largest absolute Gasteiger partial charge is 0.354 e. The molecule has 9 heteroatoms. The Morgan fingerprint density at radius 2 is 1.90 bits per heavy atom. The predicted molar refractivity (Wildman–Crippen MR) is 120 cm³/mol. The van der Waals surface area contributed by atoms with Crippen molar-refractivity contribution in [1.82, 2.24) is 30.3 Å². The predicted octanol–water partition coefficient (Wildman–Crippen LogP) is 2.72. The molecule has 4 aromatic rings. The lowest BCUT2D eigenvalue weighted by molar-refractivity contribution is 0.0991. The summed E-state index contributed by atoms with van der Waals surface area (Å²) in [5.74, 6) is 0.894. The van der Waals surface area contributed by atoms with Gasteiger partial charge in [0.1, 0.15) is 16.3 Å². The van der Waals surface area contributed by atoms with Gasteiger partial charge in [-0.3, -0.25) is 4.79 Å². The van der Waals surface area contributed by atoms with Crippen LogP contribution < -0.4 is 4.90 Å². The number of carbonyl (C=O) groups excluding carboxylic acids is 1. The summed E-state index contributed by atoms with van der Waals surface area (Å²) < 4.78 is 0. The maximum absolute atomic E-state index is 12.8. The van der Waals surface area contributed by atoms with Crippen LogP contribution in [-0.2, 0) is 6.42 Å². The average molecular weight is 432 g/mol. The molecule has 0 radical (unpaired) electrons. The van der Waals surface area contributed by atoms with Crippen LogP contribution in [0.1, 0.15) is 16.1 Å². The fourth-order valence-corrected chi connectivity index (χ4v) is 4.20. The van der Waals surface area contributed by atoms with Crippen LogP contribution in [0, 0.1) is 0 Å². The molecule has 0 atom stereocenters. The van der Waals surface area contributed by atoms with E-state index in [1.165, 1.54) is 11.3 Å². The van der Waals surface area contributed by atoms with E-state index >= 15 is 0 Å². The molecule has 1 saturated heterocycles. The summed E-state index contributed by atoms with van der Waals surface area (Å²) in [6.45, 7) is 3.93. The van der Waals surface area contributed by atoms with Gasteiger partial charge < -0.3 is 9.80 Å². The number of hydrogen-bond donors (Lipinski definition) is 0. The molecular weight excluding hydrogens is 410 g/mol. The molecule has 1 aromatic carbocycles. The first-order valence-corrected chi connectivity index (χ1v) is 11.0. The Labute approximate surface area is 183 Å². The smallest absolute Gasteiger partial charge is 0.170 e. The normalized spacial score (nSPS) is 14.8. The van der Waals surface area contributed by atoms with E-state index in [-0.39, 0.29) is 12.2 Å². The van der Waals surface area contributed by atoms with Gasteiger partial charge in [-0.1, -0.05) is 11.3 Å². The summed E-state index contributed by atoms with van der Waals surface area (Å²) in [7, 11) is 2.12. The lowest BCUT2D eigenvalue weighted by atomic mass is 10.1. The molecule has 0 spiro atoms. The van der Waals surface area contributed by atoms with Crippen molar-refractivity contribution in [3.63, 3.8) is 0 Å². The molecule has 0 unspecified atom stereocenters. The second-order valence-electron chi connectivity index (χ2n) is 7.65. The third-order valence-corrected chi connectivity index (χ3v) is 6.22. The van der Waals surface area contributed by atoms with Gasteiger partial charge in [-0.25, -0.2) is 4.98 Å². The zero-order valence-corrected chi connectivity index (χ0v) is 17.9. The fraction of sp³-hybridized carbons (Fsp3) is 0.273. The number of ketones is 1. The molecule has 0 aliphatic carbocycles. The molecule has 1 aliphatic heterocycles. The molecule has 0 saturated carbocycles. The van der Waals surface area contributed by atoms with Gasteiger partial charge in [-0.05, 0) is 43.4 Å². The van der Waals surface area contributed by atoms with E-state index in [0.29, 0.717) is 11.3 Å². The number of pyridine rings is 1. The molecule has 156 valence electrons. The van der Waals surface area contributed by atoms with Gasteiger partial charge in [-0.2, -0.15) is 10.2 Å². The first kappa shape index (κ1) is 19.7. The molecule has 3 aromatic heterocycles. The lowest BCUT2D eigenvalue weighted by Crippen LogP contribution is -2.44. The number of benzene rings is 1. The van der Waals surface area contributed by atoms with Crippen molar-refractivity contribution in [3.05, 3.63) is 59.4 Å². The Bertz CT molecular complexity index is 1200. The van der Waals surface area contributed by atoms with Gasteiger partial charge in [0.15, 0.2) is 5.78 Å². The summed E-state index contributed by atoms with van der Waals surface area (Å²) in [5, 5.41) is 18.3. The number of nitrogens with zero attached hydrogens (tertiary/aromatic N) is 7. The summed E-state index contributed by atoms with van der Waals surface area (Å²) in [6, 6.07) is 11.6. The van der Waals surface area contributed by atoms with E-state index in [1.807, 2.05) is 36.4 Å². The van der Waals surface area contributed by atoms with Gasteiger partial charge in [0.25, 0.3) is 0 Å². The number of carbonyl (C=O) groups is 1. The number of hydrogen-bond acceptors (Lipinski definition) is 9. The summed E-state index contributed by atoms with van der Waals surface area (Å²) >= 11 is 1.48. The number of Topliss-reactive ketones (excluding diaryl/α,β-unsaturated/α-hetero) is 1. The minimum atomic E-state index is -0.0219. The van der Waals surface area contributed by atoms with Crippen LogP contribution in [0.15, 0.2) is 48.1 Å². The minimum Gasteiger partial charge on any atom is -0.354 e.